The number of halogens is 3. The molecule has 3 rings (SSSR count). The van der Waals surface area contributed by atoms with Crippen LogP contribution in [0.3, 0.4) is 0 Å². The number of ether oxygens (including phenoxy) is 1. The number of amides is 2. The highest BCUT2D eigenvalue weighted by atomic mass is 35.5. The third-order valence-corrected chi connectivity index (χ3v) is 5.33. The van der Waals surface area contributed by atoms with Crippen molar-refractivity contribution in [3.8, 4) is 5.75 Å². The minimum atomic E-state index is -0.842. The molecular weight excluding hydrogens is 485 g/mol. The van der Waals surface area contributed by atoms with Crippen LogP contribution in [0.5, 0.6) is 5.75 Å². The van der Waals surface area contributed by atoms with Gasteiger partial charge in [0, 0.05) is 21.3 Å². The number of nitrogens with one attached hydrogen (secondary N) is 2. The number of nitrogens with zero attached hydrogens (tertiary/aromatic N) is 1. The molecule has 9 heteroatoms. The van der Waals surface area contributed by atoms with Gasteiger partial charge in [-0.2, -0.15) is 5.10 Å². The smallest absolute Gasteiger partial charge is 0.280 e. The van der Waals surface area contributed by atoms with Crippen molar-refractivity contribution in [1.29, 1.82) is 0 Å². The second-order valence-electron chi connectivity index (χ2n) is 7.05. The van der Waals surface area contributed by atoms with Crippen molar-refractivity contribution in [2.45, 2.75) is 20.0 Å². The van der Waals surface area contributed by atoms with Crippen LogP contribution in [0.15, 0.2) is 71.8 Å². The van der Waals surface area contributed by atoms with Gasteiger partial charge in [0.2, 0.25) is 0 Å². The molecule has 1 atom stereocenters. The third kappa shape index (κ3) is 6.96. The topological polar surface area (TPSA) is 79.8 Å². The van der Waals surface area contributed by atoms with Crippen LogP contribution in [0, 0.1) is 0 Å². The molecule has 0 saturated carbocycles. The summed E-state index contributed by atoms with van der Waals surface area (Å²) in [6.45, 7) is 3.32. The first kappa shape index (κ1) is 24.6. The first-order valence-electron chi connectivity index (χ1n) is 9.86. The summed E-state index contributed by atoms with van der Waals surface area (Å²) < 4.78 is 5.58. The van der Waals surface area contributed by atoms with E-state index in [2.05, 4.69) is 15.8 Å². The summed E-state index contributed by atoms with van der Waals surface area (Å²) in [6.07, 6.45) is -0.842. The Balaban J connectivity index is 1.62. The molecule has 3 aromatic rings. The largest absolute Gasteiger partial charge is 0.479 e. The molecule has 0 saturated heterocycles. The zero-order valence-corrected chi connectivity index (χ0v) is 20.0. The second kappa shape index (κ2) is 11.2. The van der Waals surface area contributed by atoms with Crippen LogP contribution in [0.2, 0.25) is 15.1 Å². The monoisotopic (exact) mass is 503 g/mol. The Morgan fingerprint density at radius 2 is 1.61 bits per heavy atom. The minimum absolute atomic E-state index is 0.265. The molecule has 6 nitrogen and oxygen atoms in total. The molecule has 170 valence electrons. The lowest BCUT2D eigenvalue weighted by atomic mass is 10.1. The van der Waals surface area contributed by atoms with Crippen LogP contribution in [-0.2, 0) is 4.79 Å². The van der Waals surface area contributed by atoms with Crippen molar-refractivity contribution in [3.05, 3.63) is 92.9 Å². The molecule has 0 bridgehead atoms. The Labute approximate surface area is 206 Å². The van der Waals surface area contributed by atoms with E-state index in [9.17, 15) is 9.59 Å². The van der Waals surface area contributed by atoms with Crippen LogP contribution < -0.4 is 15.5 Å². The molecule has 2 amide bonds. The number of hydrogen-bond acceptors (Lipinski definition) is 4. The van der Waals surface area contributed by atoms with E-state index in [0.717, 1.165) is 5.56 Å². The van der Waals surface area contributed by atoms with E-state index in [1.807, 2.05) is 6.07 Å². The maximum absolute atomic E-state index is 12.4. The van der Waals surface area contributed by atoms with Gasteiger partial charge in [-0.15, -0.1) is 0 Å². The average Bonchev–Trinajstić information content (AvgIpc) is 2.79. The number of rotatable bonds is 7. The molecule has 2 N–H and O–H groups in total. The van der Waals surface area contributed by atoms with Crippen molar-refractivity contribution in [3.63, 3.8) is 0 Å². The number of benzene rings is 3. The predicted molar refractivity (Wildman–Crippen MR) is 133 cm³/mol. The number of hydrogen-bond donors (Lipinski definition) is 2. The first-order chi connectivity index (χ1) is 15.7. The molecule has 0 heterocycles. The SMILES string of the molecule is C/C(=N/NC(=O)C(C)Oc1ccc(Cl)cc1Cl)c1cccc(NC(=O)c2ccc(Cl)cc2)c1. The van der Waals surface area contributed by atoms with Crippen molar-refractivity contribution in [2.75, 3.05) is 5.32 Å². The van der Waals surface area contributed by atoms with E-state index in [4.69, 9.17) is 39.5 Å². The number of carbonyl (C=O) groups is 2. The summed E-state index contributed by atoms with van der Waals surface area (Å²) in [7, 11) is 0. The third-order valence-electron chi connectivity index (χ3n) is 4.55. The lowest BCUT2D eigenvalue weighted by Crippen LogP contribution is -2.34. The van der Waals surface area contributed by atoms with Crippen LogP contribution >= 0.6 is 34.8 Å². The van der Waals surface area contributed by atoms with Gasteiger partial charge >= 0.3 is 0 Å². The Morgan fingerprint density at radius 1 is 0.909 bits per heavy atom. The maximum atomic E-state index is 12.4. The van der Waals surface area contributed by atoms with Gasteiger partial charge in [0.25, 0.3) is 11.8 Å². The van der Waals surface area contributed by atoms with Gasteiger partial charge < -0.3 is 10.1 Å². The summed E-state index contributed by atoms with van der Waals surface area (Å²) in [5.41, 5.74) is 4.81. The minimum Gasteiger partial charge on any atom is -0.479 e. The summed E-state index contributed by atoms with van der Waals surface area (Å²) in [6, 6.07) is 18.4. The van der Waals surface area contributed by atoms with Crippen LogP contribution in [0.25, 0.3) is 0 Å². The molecule has 0 aliphatic rings. The van der Waals surface area contributed by atoms with Gasteiger partial charge in [-0.1, -0.05) is 46.9 Å². The van der Waals surface area contributed by atoms with E-state index in [1.165, 1.54) is 6.07 Å². The van der Waals surface area contributed by atoms with E-state index in [1.54, 1.807) is 68.4 Å². The molecule has 0 aromatic heterocycles. The zero-order valence-electron chi connectivity index (χ0n) is 17.7. The summed E-state index contributed by atoms with van der Waals surface area (Å²) in [4.78, 5) is 24.8. The first-order valence-corrected chi connectivity index (χ1v) is 11.0. The van der Waals surface area contributed by atoms with Gasteiger partial charge in [0.05, 0.1) is 10.7 Å². The molecule has 0 aliphatic heterocycles. The number of carbonyl (C=O) groups excluding carboxylic acids is 2. The van der Waals surface area contributed by atoms with Crippen LogP contribution in [0.4, 0.5) is 5.69 Å². The molecule has 1 unspecified atom stereocenters. The van der Waals surface area contributed by atoms with Crippen molar-refractivity contribution >= 4 is 58.0 Å². The van der Waals surface area contributed by atoms with E-state index in [-0.39, 0.29) is 5.91 Å². The lowest BCUT2D eigenvalue weighted by Gasteiger charge is -2.14. The maximum Gasteiger partial charge on any atom is 0.280 e. The Morgan fingerprint density at radius 3 is 2.30 bits per heavy atom. The van der Waals surface area contributed by atoms with Crippen molar-refractivity contribution < 1.29 is 14.3 Å². The quantitative estimate of drug-likeness (QED) is 0.297. The normalized spacial score (nSPS) is 12.1. The van der Waals surface area contributed by atoms with E-state index in [0.29, 0.717) is 37.8 Å². The highest BCUT2D eigenvalue weighted by Gasteiger charge is 2.16. The van der Waals surface area contributed by atoms with Crippen molar-refractivity contribution in [2.24, 2.45) is 5.10 Å². The van der Waals surface area contributed by atoms with Gasteiger partial charge in [-0.25, -0.2) is 5.43 Å². The molecule has 0 fully saturated rings. The van der Waals surface area contributed by atoms with E-state index >= 15 is 0 Å². The molecule has 33 heavy (non-hydrogen) atoms. The molecule has 3 aromatic carbocycles. The van der Waals surface area contributed by atoms with Gasteiger partial charge in [-0.3, -0.25) is 9.59 Å². The predicted octanol–water partition coefficient (Wildman–Crippen LogP) is 6.21. The molecule has 0 spiro atoms. The fourth-order valence-electron chi connectivity index (χ4n) is 2.74. The van der Waals surface area contributed by atoms with Crippen LogP contribution in [-0.4, -0.2) is 23.6 Å². The van der Waals surface area contributed by atoms with Crippen molar-refractivity contribution in [1.82, 2.24) is 5.43 Å². The van der Waals surface area contributed by atoms with Gasteiger partial charge in [0.15, 0.2) is 6.10 Å². The molecule has 0 radical (unpaired) electrons. The fourth-order valence-corrected chi connectivity index (χ4v) is 3.31. The highest BCUT2D eigenvalue weighted by Crippen LogP contribution is 2.28. The second-order valence-corrected chi connectivity index (χ2v) is 8.33. The summed E-state index contributed by atoms with van der Waals surface area (Å²) >= 11 is 17.8. The Hall–Kier alpha value is -3.06. The van der Waals surface area contributed by atoms with Crippen LogP contribution in [0.1, 0.15) is 29.8 Å². The average molecular weight is 505 g/mol. The highest BCUT2D eigenvalue weighted by molar-refractivity contribution is 6.35. The summed E-state index contributed by atoms with van der Waals surface area (Å²) in [5.74, 6) is -0.375. The lowest BCUT2D eigenvalue weighted by molar-refractivity contribution is -0.127. The zero-order chi connectivity index (χ0) is 24.0. The number of anilines is 1. The summed E-state index contributed by atoms with van der Waals surface area (Å²) in [5, 5.41) is 8.29. The Bertz CT molecular complexity index is 1200. The number of hydrazone groups is 1. The molecule has 0 aliphatic carbocycles. The standard InChI is InChI=1S/C24H20Cl3N3O3/c1-14(29-30-23(31)15(2)33-22-11-10-19(26)13-21(22)27)17-4-3-5-20(12-17)28-24(32)16-6-8-18(25)9-7-16/h3-13,15H,1-2H3,(H,28,32)(H,30,31)/b29-14-. The van der Waals surface area contributed by atoms with Gasteiger partial charge in [0.1, 0.15) is 5.75 Å². The fraction of sp³-hybridized carbons (Fsp3) is 0.125. The molecular formula is C24H20Cl3N3O3. The van der Waals surface area contributed by atoms with Gasteiger partial charge in [-0.05, 0) is 74.0 Å². The van der Waals surface area contributed by atoms with E-state index < -0.39 is 12.0 Å². The Kier molecular flexibility index (Phi) is 8.33.